The van der Waals surface area contributed by atoms with Crippen LogP contribution in [0, 0.1) is 0 Å². The number of carbonyl (C=O) groups excluding carboxylic acids is 1. The van der Waals surface area contributed by atoms with E-state index in [4.69, 9.17) is 19.9 Å². The van der Waals surface area contributed by atoms with Gasteiger partial charge in [0.25, 0.3) is 0 Å². The van der Waals surface area contributed by atoms with Crippen LogP contribution in [0.1, 0.15) is 6.42 Å². The van der Waals surface area contributed by atoms with Gasteiger partial charge < -0.3 is 25.3 Å². The molecule has 3 N–H and O–H groups in total. The minimum absolute atomic E-state index is 0.174. The highest BCUT2D eigenvalue weighted by atomic mass is 16.5. The second-order valence-corrected chi connectivity index (χ2v) is 3.95. The number of rotatable bonds is 7. The summed E-state index contributed by atoms with van der Waals surface area (Å²) >= 11 is 0. The number of nitrogens with one attached hydrogen (secondary N) is 1. The van der Waals surface area contributed by atoms with Crippen LogP contribution in [0.2, 0.25) is 0 Å². The molecule has 0 aliphatic heterocycles. The third-order valence-corrected chi connectivity index (χ3v) is 2.64. The van der Waals surface area contributed by atoms with Gasteiger partial charge in [-0.3, -0.25) is 4.79 Å². The first kappa shape index (κ1) is 15.3. The topological polar surface area (TPSA) is 82.8 Å². The molecule has 0 bridgehead atoms. The minimum Gasteiger partial charge on any atom is -0.497 e. The zero-order chi connectivity index (χ0) is 14.3. The molecule has 19 heavy (non-hydrogen) atoms. The molecule has 106 valence electrons. The first-order chi connectivity index (χ1) is 9.12. The van der Waals surface area contributed by atoms with Crippen molar-refractivity contribution in [1.29, 1.82) is 0 Å². The Bertz CT molecular complexity index is 397. The Balaban J connectivity index is 2.72. The lowest BCUT2D eigenvalue weighted by atomic mass is 10.2. The van der Waals surface area contributed by atoms with Crippen LogP contribution in [0.5, 0.6) is 11.5 Å². The maximum atomic E-state index is 11.8. The summed E-state index contributed by atoms with van der Waals surface area (Å²) in [6.07, 6.45) is -0.0838. The molecule has 0 aliphatic carbocycles. The third kappa shape index (κ3) is 4.76. The first-order valence-corrected chi connectivity index (χ1v) is 5.88. The second kappa shape index (κ2) is 7.60. The highest BCUT2D eigenvalue weighted by Gasteiger charge is 2.12. The van der Waals surface area contributed by atoms with Gasteiger partial charge in [-0.15, -0.1) is 0 Å². The molecule has 1 rings (SSSR count). The monoisotopic (exact) mass is 268 g/mol. The molecule has 0 aromatic heterocycles. The van der Waals surface area contributed by atoms with E-state index in [0.29, 0.717) is 23.7 Å². The summed E-state index contributed by atoms with van der Waals surface area (Å²) in [6, 6.07) is 5.16. The highest BCUT2D eigenvalue weighted by Crippen LogP contribution is 2.25. The Labute approximate surface area is 112 Å². The van der Waals surface area contributed by atoms with Gasteiger partial charge in [-0.2, -0.15) is 0 Å². The lowest BCUT2D eigenvalue weighted by Gasteiger charge is -2.13. The number of hydrogen-bond acceptors (Lipinski definition) is 5. The summed E-state index contributed by atoms with van der Waals surface area (Å²) in [7, 11) is 4.63. The number of anilines is 1. The Kier molecular flexibility index (Phi) is 6.11. The van der Waals surface area contributed by atoms with E-state index in [1.165, 1.54) is 7.11 Å². The van der Waals surface area contributed by atoms with Gasteiger partial charge in [-0.25, -0.2) is 0 Å². The van der Waals surface area contributed by atoms with E-state index in [1.807, 2.05) is 0 Å². The van der Waals surface area contributed by atoms with E-state index in [1.54, 1.807) is 32.4 Å². The standard InChI is InChI=1S/C13H20N2O4/c1-17-10-4-9(5-11(6-10)18-2)15-13(16)7-12(8-14)19-3/h4-6,12H,7-8,14H2,1-3H3,(H,15,16). The zero-order valence-corrected chi connectivity index (χ0v) is 11.4. The van der Waals surface area contributed by atoms with Crippen LogP contribution in [0.15, 0.2) is 18.2 Å². The second-order valence-electron chi connectivity index (χ2n) is 3.95. The molecule has 0 spiro atoms. The van der Waals surface area contributed by atoms with Gasteiger partial charge in [-0.1, -0.05) is 0 Å². The third-order valence-electron chi connectivity index (χ3n) is 2.64. The first-order valence-electron chi connectivity index (χ1n) is 5.88. The molecule has 1 unspecified atom stereocenters. The van der Waals surface area contributed by atoms with Gasteiger partial charge >= 0.3 is 0 Å². The minimum atomic E-state index is -0.285. The van der Waals surface area contributed by atoms with Crippen LogP contribution in [0.25, 0.3) is 0 Å². The quantitative estimate of drug-likeness (QED) is 0.771. The van der Waals surface area contributed by atoms with Crippen LogP contribution in [-0.4, -0.2) is 39.9 Å². The van der Waals surface area contributed by atoms with Crippen molar-refractivity contribution in [1.82, 2.24) is 0 Å². The van der Waals surface area contributed by atoms with E-state index >= 15 is 0 Å². The lowest BCUT2D eigenvalue weighted by molar-refractivity contribution is -0.118. The maximum Gasteiger partial charge on any atom is 0.227 e. The van der Waals surface area contributed by atoms with Crippen molar-refractivity contribution in [2.75, 3.05) is 33.2 Å². The average molecular weight is 268 g/mol. The largest absolute Gasteiger partial charge is 0.497 e. The molecule has 1 aromatic rings. The number of carbonyl (C=O) groups is 1. The molecule has 0 heterocycles. The Morgan fingerprint density at radius 2 is 1.79 bits per heavy atom. The summed E-state index contributed by atoms with van der Waals surface area (Å²) < 4.78 is 15.3. The molecule has 0 radical (unpaired) electrons. The van der Waals surface area contributed by atoms with Crippen molar-refractivity contribution in [3.05, 3.63) is 18.2 Å². The van der Waals surface area contributed by atoms with Crippen LogP contribution in [-0.2, 0) is 9.53 Å². The molecule has 6 heteroatoms. The van der Waals surface area contributed by atoms with Crippen molar-refractivity contribution < 1.29 is 19.0 Å². The maximum absolute atomic E-state index is 11.8. The van der Waals surface area contributed by atoms with Crippen molar-refractivity contribution in [2.45, 2.75) is 12.5 Å². The van der Waals surface area contributed by atoms with Gasteiger partial charge in [0.05, 0.1) is 26.7 Å². The zero-order valence-electron chi connectivity index (χ0n) is 11.4. The number of benzene rings is 1. The molecular weight excluding hydrogens is 248 g/mol. The summed E-state index contributed by atoms with van der Waals surface area (Å²) in [5, 5.41) is 2.76. The van der Waals surface area contributed by atoms with E-state index in [0.717, 1.165) is 0 Å². The molecule has 1 atom stereocenters. The number of nitrogens with two attached hydrogens (primary N) is 1. The fourth-order valence-corrected chi connectivity index (χ4v) is 1.56. The molecule has 1 amide bonds. The number of methoxy groups -OCH3 is 3. The van der Waals surface area contributed by atoms with Gasteiger partial charge in [0, 0.05) is 37.5 Å². The summed E-state index contributed by atoms with van der Waals surface area (Å²) in [6.45, 7) is 0.297. The SMILES string of the molecule is COc1cc(NC(=O)CC(CN)OC)cc(OC)c1. The number of amides is 1. The Morgan fingerprint density at radius 3 is 2.21 bits per heavy atom. The highest BCUT2D eigenvalue weighted by molar-refractivity contribution is 5.91. The average Bonchev–Trinajstić information content (AvgIpc) is 2.44. The fourth-order valence-electron chi connectivity index (χ4n) is 1.56. The lowest BCUT2D eigenvalue weighted by Crippen LogP contribution is -2.28. The van der Waals surface area contributed by atoms with E-state index in [2.05, 4.69) is 5.32 Å². The molecule has 1 aromatic carbocycles. The fraction of sp³-hybridized carbons (Fsp3) is 0.462. The normalized spacial score (nSPS) is 11.8. The summed E-state index contributed by atoms with van der Waals surface area (Å²) in [5.74, 6) is 1.04. The number of hydrogen-bond donors (Lipinski definition) is 2. The molecule has 0 fully saturated rings. The Hall–Kier alpha value is -1.79. The molecule has 6 nitrogen and oxygen atoms in total. The van der Waals surface area contributed by atoms with Crippen molar-refractivity contribution in [2.24, 2.45) is 5.73 Å². The van der Waals surface area contributed by atoms with Gasteiger partial charge in [0.15, 0.2) is 0 Å². The van der Waals surface area contributed by atoms with Crippen molar-refractivity contribution in [3.63, 3.8) is 0 Å². The van der Waals surface area contributed by atoms with Gasteiger partial charge in [-0.05, 0) is 0 Å². The molecular formula is C13H20N2O4. The molecule has 0 aliphatic rings. The molecule has 0 saturated carbocycles. The van der Waals surface area contributed by atoms with Crippen molar-refractivity contribution in [3.8, 4) is 11.5 Å². The van der Waals surface area contributed by atoms with Crippen LogP contribution >= 0.6 is 0 Å². The smallest absolute Gasteiger partial charge is 0.227 e. The predicted octanol–water partition coefficient (Wildman–Crippen LogP) is 1.01. The van der Waals surface area contributed by atoms with Crippen LogP contribution < -0.4 is 20.5 Å². The summed E-state index contributed by atoms with van der Waals surface area (Å²) in [4.78, 5) is 11.8. The van der Waals surface area contributed by atoms with Gasteiger partial charge in [0.1, 0.15) is 11.5 Å². The van der Waals surface area contributed by atoms with E-state index in [-0.39, 0.29) is 18.4 Å². The predicted molar refractivity (Wildman–Crippen MR) is 72.6 cm³/mol. The summed E-state index contributed by atoms with van der Waals surface area (Å²) in [5.41, 5.74) is 6.08. The van der Waals surface area contributed by atoms with Gasteiger partial charge in [0.2, 0.25) is 5.91 Å². The Morgan fingerprint density at radius 1 is 1.21 bits per heavy atom. The number of ether oxygens (including phenoxy) is 3. The van der Waals surface area contributed by atoms with Crippen LogP contribution in [0.3, 0.4) is 0 Å². The van der Waals surface area contributed by atoms with Crippen molar-refractivity contribution >= 4 is 11.6 Å². The van der Waals surface area contributed by atoms with E-state index < -0.39 is 0 Å². The molecule has 0 saturated heterocycles. The van der Waals surface area contributed by atoms with E-state index in [9.17, 15) is 4.79 Å². The van der Waals surface area contributed by atoms with Crippen LogP contribution in [0.4, 0.5) is 5.69 Å².